The van der Waals surface area contributed by atoms with Gasteiger partial charge in [-0.3, -0.25) is 9.78 Å². The lowest BCUT2D eigenvalue weighted by atomic mass is 10.2. The number of pyridine rings is 1. The van der Waals surface area contributed by atoms with Gasteiger partial charge in [-0.05, 0) is 42.8 Å². The average molecular weight is 404 g/mol. The van der Waals surface area contributed by atoms with E-state index in [1.807, 2.05) is 30.3 Å². The molecule has 146 valence electrons. The number of rotatable bonds is 6. The van der Waals surface area contributed by atoms with Crippen LogP contribution in [0.5, 0.6) is 5.75 Å². The monoisotopic (exact) mass is 403 g/mol. The van der Waals surface area contributed by atoms with E-state index < -0.39 is 0 Å². The van der Waals surface area contributed by atoms with Gasteiger partial charge in [-0.25, -0.2) is 0 Å². The normalized spacial score (nSPS) is 10.8. The molecule has 1 amide bonds. The highest BCUT2D eigenvalue weighted by atomic mass is 32.2. The van der Waals surface area contributed by atoms with E-state index in [9.17, 15) is 4.79 Å². The fourth-order valence-corrected chi connectivity index (χ4v) is 4.08. The molecule has 4 rings (SSSR count). The number of hydrogen-bond donors (Lipinski definition) is 2. The molecule has 0 spiro atoms. The zero-order chi connectivity index (χ0) is 20.2. The lowest BCUT2D eigenvalue weighted by Crippen LogP contribution is -2.23. The minimum Gasteiger partial charge on any atom is -0.497 e. The van der Waals surface area contributed by atoms with Gasteiger partial charge in [0, 0.05) is 35.3 Å². The molecule has 0 aliphatic rings. The van der Waals surface area contributed by atoms with Crippen LogP contribution in [0.25, 0.3) is 10.9 Å². The first kappa shape index (κ1) is 19.1. The molecule has 2 aromatic carbocycles. The van der Waals surface area contributed by atoms with Gasteiger partial charge in [0.05, 0.1) is 17.5 Å². The van der Waals surface area contributed by atoms with E-state index in [1.54, 1.807) is 31.3 Å². The van der Waals surface area contributed by atoms with Crippen LogP contribution in [0, 0.1) is 6.92 Å². The van der Waals surface area contributed by atoms with Gasteiger partial charge in [0.25, 0.3) is 5.91 Å². The van der Waals surface area contributed by atoms with E-state index >= 15 is 0 Å². The largest absolute Gasteiger partial charge is 0.497 e. The summed E-state index contributed by atoms with van der Waals surface area (Å²) in [5, 5.41) is 3.97. The minimum atomic E-state index is -0.154. The molecule has 0 saturated heterocycles. The number of fused-ring (bicyclic) bond motifs is 1. The maximum absolute atomic E-state index is 13.0. The van der Waals surface area contributed by atoms with Gasteiger partial charge >= 0.3 is 0 Å². The summed E-state index contributed by atoms with van der Waals surface area (Å²) in [6, 6.07) is 17.9. The molecule has 0 atom stereocenters. The van der Waals surface area contributed by atoms with E-state index in [0.29, 0.717) is 12.2 Å². The van der Waals surface area contributed by atoms with Gasteiger partial charge in [-0.2, -0.15) is 0 Å². The Morgan fingerprint density at radius 3 is 2.72 bits per heavy atom. The fraction of sp³-hybridized carbons (Fsp3) is 0.130. The second kappa shape index (κ2) is 8.41. The Labute approximate surface area is 173 Å². The summed E-state index contributed by atoms with van der Waals surface area (Å²) in [4.78, 5) is 22.3. The van der Waals surface area contributed by atoms with Crippen LogP contribution in [-0.4, -0.2) is 23.0 Å². The highest BCUT2D eigenvalue weighted by Gasteiger charge is 2.19. The summed E-state index contributed by atoms with van der Waals surface area (Å²) in [5.74, 6) is 0.589. The number of amides is 1. The fourth-order valence-electron chi connectivity index (χ4n) is 3.04. The van der Waals surface area contributed by atoms with Gasteiger partial charge in [0.1, 0.15) is 11.4 Å². The molecule has 0 unspecified atom stereocenters. The third-order valence-corrected chi connectivity index (χ3v) is 5.74. The first-order valence-corrected chi connectivity index (χ1v) is 10.1. The molecule has 0 saturated carbocycles. The molecular formula is C23H21N3O2S. The SMILES string of the molecule is COc1ccc2c(Sc3ccc(C)cc3)c(C(=O)NCc3cccnc3)[nH]c2c1. The first-order chi connectivity index (χ1) is 14.1. The van der Waals surface area contributed by atoms with Crippen LogP contribution < -0.4 is 10.1 Å². The van der Waals surface area contributed by atoms with Crippen molar-refractivity contribution in [3.05, 3.63) is 83.8 Å². The standard InChI is InChI=1S/C23H21N3O2S/c1-15-5-8-18(9-6-15)29-22-19-10-7-17(28-2)12-20(19)26-21(22)23(27)25-14-16-4-3-11-24-13-16/h3-13,26H,14H2,1-2H3,(H,25,27). The number of benzene rings is 2. The molecular weight excluding hydrogens is 382 g/mol. The maximum atomic E-state index is 13.0. The summed E-state index contributed by atoms with van der Waals surface area (Å²) in [5.41, 5.74) is 3.56. The zero-order valence-electron chi connectivity index (χ0n) is 16.2. The van der Waals surface area contributed by atoms with Crippen molar-refractivity contribution in [3.8, 4) is 5.75 Å². The van der Waals surface area contributed by atoms with Gasteiger partial charge in [-0.15, -0.1) is 0 Å². The third kappa shape index (κ3) is 4.27. The quantitative estimate of drug-likeness (QED) is 0.477. The highest BCUT2D eigenvalue weighted by Crippen LogP contribution is 2.38. The lowest BCUT2D eigenvalue weighted by molar-refractivity contribution is 0.0944. The molecule has 5 nitrogen and oxygen atoms in total. The highest BCUT2D eigenvalue weighted by molar-refractivity contribution is 7.99. The van der Waals surface area contributed by atoms with Gasteiger partial charge < -0.3 is 15.0 Å². The van der Waals surface area contributed by atoms with Crippen molar-refractivity contribution in [3.63, 3.8) is 0 Å². The molecule has 2 heterocycles. The Morgan fingerprint density at radius 2 is 2.00 bits per heavy atom. The molecule has 0 aliphatic carbocycles. The first-order valence-electron chi connectivity index (χ1n) is 9.25. The Hall–Kier alpha value is -3.25. The van der Waals surface area contributed by atoms with E-state index in [4.69, 9.17) is 4.74 Å². The molecule has 2 aromatic heterocycles. The molecule has 0 radical (unpaired) electrons. The number of aromatic amines is 1. The van der Waals surface area contributed by atoms with Crippen LogP contribution in [0.1, 0.15) is 21.6 Å². The van der Waals surface area contributed by atoms with E-state index in [0.717, 1.165) is 32.0 Å². The Morgan fingerprint density at radius 1 is 1.17 bits per heavy atom. The molecule has 0 fully saturated rings. The van der Waals surface area contributed by atoms with Crippen LogP contribution in [0.4, 0.5) is 0 Å². The summed E-state index contributed by atoms with van der Waals surface area (Å²) >= 11 is 1.58. The predicted molar refractivity (Wildman–Crippen MR) is 116 cm³/mol. The van der Waals surface area contributed by atoms with Crippen molar-refractivity contribution >= 4 is 28.6 Å². The number of nitrogens with one attached hydrogen (secondary N) is 2. The van der Waals surface area contributed by atoms with Crippen molar-refractivity contribution in [1.29, 1.82) is 0 Å². The summed E-state index contributed by atoms with van der Waals surface area (Å²) in [6.45, 7) is 2.48. The lowest BCUT2D eigenvalue weighted by Gasteiger charge is -2.07. The van der Waals surface area contributed by atoms with E-state index in [-0.39, 0.29) is 5.91 Å². The Balaban J connectivity index is 1.68. The number of aromatic nitrogens is 2. The molecule has 0 bridgehead atoms. The van der Waals surface area contributed by atoms with Crippen LogP contribution >= 0.6 is 11.8 Å². The smallest absolute Gasteiger partial charge is 0.269 e. The predicted octanol–water partition coefficient (Wildman–Crippen LogP) is 4.96. The average Bonchev–Trinajstić information content (AvgIpc) is 3.12. The summed E-state index contributed by atoms with van der Waals surface area (Å²) in [6.07, 6.45) is 3.46. The maximum Gasteiger partial charge on any atom is 0.269 e. The molecule has 0 aliphatic heterocycles. The Bertz CT molecular complexity index is 1140. The van der Waals surface area contributed by atoms with E-state index in [1.165, 1.54) is 5.56 Å². The zero-order valence-corrected chi connectivity index (χ0v) is 17.0. The second-order valence-electron chi connectivity index (χ2n) is 6.70. The third-order valence-electron chi connectivity index (χ3n) is 4.60. The number of nitrogens with zero attached hydrogens (tertiary/aromatic N) is 1. The number of carbonyl (C=O) groups is 1. The second-order valence-corrected chi connectivity index (χ2v) is 7.78. The Kier molecular flexibility index (Phi) is 5.53. The molecule has 29 heavy (non-hydrogen) atoms. The van der Waals surface area contributed by atoms with Crippen molar-refractivity contribution in [1.82, 2.24) is 15.3 Å². The topological polar surface area (TPSA) is 67.0 Å². The number of ether oxygens (including phenoxy) is 1. The molecule has 4 aromatic rings. The van der Waals surface area contributed by atoms with Crippen LogP contribution in [0.2, 0.25) is 0 Å². The molecule has 2 N–H and O–H groups in total. The van der Waals surface area contributed by atoms with Crippen molar-refractivity contribution in [2.75, 3.05) is 7.11 Å². The van der Waals surface area contributed by atoms with E-state index in [2.05, 4.69) is 46.5 Å². The number of H-pyrrole nitrogens is 1. The van der Waals surface area contributed by atoms with Crippen molar-refractivity contribution in [2.24, 2.45) is 0 Å². The van der Waals surface area contributed by atoms with Crippen LogP contribution in [0.3, 0.4) is 0 Å². The minimum absolute atomic E-state index is 0.154. The van der Waals surface area contributed by atoms with Crippen molar-refractivity contribution < 1.29 is 9.53 Å². The number of aryl methyl sites for hydroxylation is 1. The number of methoxy groups -OCH3 is 1. The summed E-state index contributed by atoms with van der Waals surface area (Å²) < 4.78 is 5.33. The summed E-state index contributed by atoms with van der Waals surface area (Å²) in [7, 11) is 1.63. The number of carbonyl (C=O) groups excluding carboxylic acids is 1. The van der Waals surface area contributed by atoms with Crippen molar-refractivity contribution in [2.45, 2.75) is 23.3 Å². The van der Waals surface area contributed by atoms with Gasteiger partial charge in [0.2, 0.25) is 0 Å². The van der Waals surface area contributed by atoms with Crippen LogP contribution in [-0.2, 0) is 6.54 Å². The number of hydrogen-bond acceptors (Lipinski definition) is 4. The molecule has 6 heteroatoms. The van der Waals surface area contributed by atoms with Crippen LogP contribution in [0.15, 0.2) is 76.8 Å². The van der Waals surface area contributed by atoms with Gasteiger partial charge in [-0.1, -0.05) is 35.5 Å². The van der Waals surface area contributed by atoms with Gasteiger partial charge in [0.15, 0.2) is 0 Å².